The van der Waals surface area contributed by atoms with Crippen LogP contribution in [-0.2, 0) is 6.42 Å². The van der Waals surface area contributed by atoms with E-state index >= 15 is 0 Å². The van der Waals surface area contributed by atoms with Gasteiger partial charge in [-0.05, 0) is 73.7 Å². The van der Waals surface area contributed by atoms with E-state index in [-0.39, 0.29) is 11.7 Å². The summed E-state index contributed by atoms with van der Waals surface area (Å²) in [5, 5.41) is 10.5. The molecule has 2 aromatic carbocycles. The van der Waals surface area contributed by atoms with E-state index in [9.17, 15) is 9.59 Å². The van der Waals surface area contributed by atoms with Crippen LogP contribution in [-0.4, -0.2) is 81.0 Å². The number of amides is 1. The van der Waals surface area contributed by atoms with Gasteiger partial charge in [0.25, 0.3) is 5.91 Å². The maximum absolute atomic E-state index is 14.4. The number of carbonyl (C=O) groups is 2. The summed E-state index contributed by atoms with van der Waals surface area (Å²) in [6, 6.07) is 16.2. The number of carbonyl (C=O) groups excluding carboxylic acids is 2. The van der Waals surface area contributed by atoms with Crippen molar-refractivity contribution in [3.63, 3.8) is 0 Å². The van der Waals surface area contributed by atoms with E-state index in [4.69, 9.17) is 0 Å². The van der Waals surface area contributed by atoms with E-state index in [0.29, 0.717) is 18.8 Å². The number of hydrogen-bond acceptors (Lipinski definition) is 6. The van der Waals surface area contributed by atoms with Crippen molar-refractivity contribution in [3.05, 3.63) is 65.2 Å². The van der Waals surface area contributed by atoms with Crippen LogP contribution in [0.1, 0.15) is 111 Å². The highest BCUT2D eigenvalue weighted by atomic mass is 16.2. The number of piperazine rings is 2. The number of anilines is 1. The minimum atomic E-state index is -0.714. The van der Waals surface area contributed by atoms with Crippen molar-refractivity contribution in [2.24, 2.45) is 5.92 Å². The van der Waals surface area contributed by atoms with Crippen LogP contribution >= 0.6 is 0 Å². The maximum atomic E-state index is 14.4. The average molecular weight is 632 g/mol. The van der Waals surface area contributed by atoms with Crippen molar-refractivity contribution in [1.29, 1.82) is 0 Å². The molecule has 2 aromatic rings. The molecule has 0 saturated carbocycles. The van der Waals surface area contributed by atoms with Gasteiger partial charge in [0, 0.05) is 69.2 Å². The van der Waals surface area contributed by atoms with Gasteiger partial charge >= 0.3 is 0 Å². The van der Waals surface area contributed by atoms with Crippen molar-refractivity contribution in [1.82, 2.24) is 20.9 Å². The molecule has 2 fully saturated rings. The zero-order valence-corrected chi connectivity index (χ0v) is 29.0. The molecule has 2 saturated heterocycles. The van der Waals surface area contributed by atoms with Crippen LogP contribution < -0.4 is 20.9 Å². The van der Waals surface area contributed by atoms with Crippen LogP contribution in [0.2, 0.25) is 0 Å². The number of hydrogen-bond donors (Lipinski definition) is 3. The van der Waals surface area contributed by atoms with Crippen LogP contribution in [0, 0.1) is 5.92 Å². The first-order chi connectivity index (χ1) is 22.5. The maximum Gasteiger partial charge on any atom is 0.253 e. The third kappa shape index (κ3) is 10.6. The number of nitrogens with zero attached hydrogens (tertiary/aromatic N) is 2. The van der Waals surface area contributed by atoms with Crippen molar-refractivity contribution in [2.45, 2.75) is 96.9 Å². The Morgan fingerprint density at radius 1 is 0.761 bits per heavy atom. The topological polar surface area (TPSA) is 76.7 Å². The molecule has 254 valence electrons. The summed E-state index contributed by atoms with van der Waals surface area (Å²) in [5.41, 5.74) is 3.02. The van der Waals surface area contributed by atoms with Crippen LogP contribution in [0.5, 0.6) is 0 Å². The Kier molecular flexibility index (Phi) is 15.0. The molecule has 0 radical (unpaired) electrons. The first-order valence-corrected chi connectivity index (χ1v) is 18.4. The van der Waals surface area contributed by atoms with Gasteiger partial charge in [0.1, 0.15) is 0 Å². The minimum absolute atomic E-state index is 0.0865. The molecule has 2 aliphatic rings. The summed E-state index contributed by atoms with van der Waals surface area (Å²) in [4.78, 5) is 31.8. The smallest absolute Gasteiger partial charge is 0.253 e. The highest BCUT2D eigenvalue weighted by Crippen LogP contribution is 2.26. The summed E-state index contributed by atoms with van der Waals surface area (Å²) in [7, 11) is 0. The second-order valence-corrected chi connectivity index (χ2v) is 13.7. The molecule has 2 unspecified atom stereocenters. The summed E-state index contributed by atoms with van der Waals surface area (Å²) in [5.74, 6) is 0.735. The molecule has 1 amide bonds. The van der Waals surface area contributed by atoms with Gasteiger partial charge in [0.05, 0.1) is 5.54 Å². The van der Waals surface area contributed by atoms with Gasteiger partial charge in [-0.25, -0.2) is 0 Å². The molecule has 7 nitrogen and oxygen atoms in total. The Hall–Kier alpha value is -2.74. The largest absolute Gasteiger partial charge is 0.369 e. The molecule has 4 rings (SSSR count). The van der Waals surface area contributed by atoms with Gasteiger partial charge < -0.3 is 25.8 Å². The molecule has 46 heavy (non-hydrogen) atoms. The minimum Gasteiger partial charge on any atom is -0.369 e. The average Bonchev–Trinajstić information content (AvgIpc) is 3.11. The molecule has 0 bridgehead atoms. The summed E-state index contributed by atoms with van der Waals surface area (Å²) in [6.45, 7) is 14.6. The van der Waals surface area contributed by atoms with Crippen LogP contribution in [0.3, 0.4) is 0 Å². The molecular weight excluding hydrogens is 570 g/mol. The van der Waals surface area contributed by atoms with E-state index in [0.717, 1.165) is 75.6 Å². The molecule has 0 spiro atoms. The molecule has 3 N–H and O–H groups in total. The lowest BCUT2D eigenvalue weighted by atomic mass is 9.80. The third-order valence-corrected chi connectivity index (χ3v) is 10.1. The normalized spacial score (nSPS) is 17.5. The van der Waals surface area contributed by atoms with E-state index in [1.807, 2.05) is 41.3 Å². The standard InChI is InChI=1S/C39H61N5O2/c1-4-6-7-8-9-10-11-12-13-32(3)31-42-39(5-2,37(45)34-18-20-36(21-19-34)43-26-22-40-23-27-43)30-33-14-16-35(17-15-33)38(46)44-28-24-41-25-29-44/h14-21,32,40-42H,4-13,22-31H2,1-3H3. The molecule has 2 atom stereocenters. The monoisotopic (exact) mass is 631 g/mol. The Morgan fingerprint density at radius 2 is 1.33 bits per heavy atom. The quantitative estimate of drug-likeness (QED) is 0.122. The number of unbranched alkanes of at least 4 members (excludes halogenated alkanes) is 7. The molecule has 2 heterocycles. The Labute approximate surface area is 279 Å². The fraction of sp³-hybridized carbons (Fsp3) is 0.641. The van der Waals surface area contributed by atoms with Gasteiger partial charge in [-0.15, -0.1) is 0 Å². The molecule has 0 aliphatic carbocycles. The predicted molar refractivity (Wildman–Crippen MR) is 192 cm³/mol. The summed E-state index contributed by atoms with van der Waals surface area (Å²) >= 11 is 0. The number of nitrogens with one attached hydrogen (secondary N) is 3. The van der Waals surface area contributed by atoms with Crippen LogP contribution in [0.4, 0.5) is 5.69 Å². The molecule has 2 aliphatic heterocycles. The number of Topliss-reactive ketones (excluding diaryl/α,β-unsaturated/α-hetero) is 1. The lowest BCUT2D eigenvalue weighted by Crippen LogP contribution is -2.54. The van der Waals surface area contributed by atoms with Gasteiger partial charge in [0.15, 0.2) is 5.78 Å². The number of benzene rings is 2. The third-order valence-electron chi connectivity index (χ3n) is 10.1. The van der Waals surface area contributed by atoms with E-state index in [2.05, 4.69) is 53.8 Å². The number of rotatable bonds is 19. The SMILES string of the molecule is CCCCCCCCCCC(C)CNC(CC)(Cc1ccc(C(=O)N2CCNCC2)cc1)C(=O)c1ccc(N2CCNCC2)cc1. The van der Waals surface area contributed by atoms with Gasteiger partial charge in [-0.1, -0.05) is 84.3 Å². The van der Waals surface area contributed by atoms with Gasteiger partial charge in [-0.2, -0.15) is 0 Å². The summed E-state index contributed by atoms with van der Waals surface area (Å²) in [6.07, 6.45) is 13.1. The van der Waals surface area contributed by atoms with E-state index in [1.165, 1.54) is 63.5 Å². The molecule has 7 heteroatoms. The Balaban J connectivity index is 1.43. The highest BCUT2D eigenvalue weighted by molar-refractivity contribution is 6.03. The van der Waals surface area contributed by atoms with E-state index < -0.39 is 5.54 Å². The zero-order valence-electron chi connectivity index (χ0n) is 29.0. The second kappa shape index (κ2) is 19.2. The first kappa shape index (κ1) is 36.1. The van der Waals surface area contributed by atoms with Gasteiger partial charge in [0.2, 0.25) is 0 Å². The Morgan fingerprint density at radius 3 is 1.93 bits per heavy atom. The molecule has 0 aromatic heterocycles. The highest BCUT2D eigenvalue weighted by Gasteiger charge is 2.37. The van der Waals surface area contributed by atoms with Crippen molar-refractivity contribution < 1.29 is 9.59 Å². The van der Waals surface area contributed by atoms with Crippen molar-refractivity contribution >= 4 is 17.4 Å². The van der Waals surface area contributed by atoms with Crippen LogP contribution in [0.25, 0.3) is 0 Å². The van der Waals surface area contributed by atoms with Crippen molar-refractivity contribution in [3.8, 4) is 0 Å². The fourth-order valence-electron chi connectivity index (χ4n) is 6.92. The lowest BCUT2D eigenvalue weighted by Gasteiger charge is -2.35. The zero-order chi connectivity index (χ0) is 32.6. The predicted octanol–water partition coefficient (Wildman–Crippen LogP) is 6.47. The van der Waals surface area contributed by atoms with Gasteiger partial charge in [-0.3, -0.25) is 9.59 Å². The number of ketones is 1. The van der Waals surface area contributed by atoms with Crippen molar-refractivity contribution in [2.75, 3.05) is 63.8 Å². The van der Waals surface area contributed by atoms with Crippen LogP contribution in [0.15, 0.2) is 48.5 Å². The van der Waals surface area contributed by atoms with E-state index in [1.54, 1.807) is 0 Å². The summed E-state index contributed by atoms with van der Waals surface area (Å²) < 4.78 is 0. The second-order valence-electron chi connectivity index (χ2n) is 13.7. The Bertz CT molecular complexity index is 1170. The fourth-order valence-corrected chi connectivity index (χ4v) is 6.92. The first-order valence-electron chi connectivity index (χ1n) is 18.4. The lowest BCUT2D eigenvalue weighted by molar-refractivity contribution is 0.0735. The molecular formula is C39H61N5O2.